The van der Waals surface area contributed by atoms with Gasteiger partial charge in [0, 0.05) is 11.1 Å². The zero-order valence-corrected chi connectivity index (χ0v) is 25.4. The second-order valence-electron chi connectivity index (χ2n) is 12.4. The lowest BCUT2D eigenvalue weighted by Crippen LogP contribution is -2.39. The van der Waals surface area contributed by atoms with Gasteiger partial charge >= 0.3 is 0 Å². The van der Waals surface area contributed by atoms with Gasteiger partial charge in [-0.3, -0.25) is 9.59 Å². The summed E-state index contributed by atoms with van der Waals surface area (Å²) in [5, 5.41) is 0. The molecule has 0 bridgehead atoms. The quantitative estimate of drug-likeness (QED) is 0.172. The van der Waals surface area contributed by atoms with Gasteiger partial charge in [-0.25, -0.2) is 0 Å². The van der Waals surface area contributed by atoms with Crippen molar-refractivity contribution in [1.29, 1.82) is 0 Å². The van der Waals surface area contributed by atoms with Crippen LogP contribution in [0.25, 0.3) is 0 Å². The summed E-state index contributed by atoms with van der Waals surface area (Å²) in [7, 11) is 3.22. The van der Waals surface area contributed by atoms with Crippen LogP contribution in [0.5, 0.6) is 0 Å². The fourth-order valence-electron chi connectivity index (χ4n) is 6.07. The Morgan fingerprint density at radius 3 is 2.10 bits per heavy atom. The predicted molar refractivity (Wildman–Crippen MR) is 159 cm³/mol. The molecule has 2 aliphatic rings. The molecule has 0 fully saturated rings. The Hall–Kier alpha value is -3.14. The maximum atomic E-state index is 14.2. The van der Waals surface area contributed by atoms with E-state index < -0.39 is 5.41 Å². The number of carbonyl (C=O) groups is 2. The third-order valence-electron chi connectivity index (χ3n) is 8.08. The van der Waals surface area contributed by atoms with Gasteiger partial charge in [-0.05, 0) is 78.6 Å². The molecule has 0 aliphatic heterocycles. The summed E-state index contributed by atoms with van der Waals surface area (Å²) in [5.74, 6) is 0.425. The fraction of sp³-hybridized carbons (Fsp3) is 0.486. The van der Waals surface area contributed by atoms with E-state index in [1.54, 1.807) is 26.4 Å². The van der Waals surface area contributed by atoms with E-state index in [0.717, 1.165) is 30.4 Å². The number of ether oxygens (including phenoxy) is 2. The van der Waals surface area contributed by atoms with E-state index in [4.69, 9.17) is 9.47 Å². The van der Waals surface area contributed by atoms with Crippen molar-refractivity contribution in [2.45, 2.75) is 87.0 Å². The van der Waals surface area contributed by atoms with Crippen LogP contribution in [0.2, 0.25) is 0 Å². The van der Waals surface area contributed by atoms with E-state index in [-0.39, 0.29) is 22.6 Å². The maximum Gasteiger partial charge on any atom is 0.200 e. The average Bonchev–Trinajstić information content (AvgIpc) is 2.88. The van der Waals surface area contributed by atoms with E-state index in [2.05, 4.69) is 40.7 Å². The van der Waals surface area contributed by atoms with Crippen molar-refractivity contribution >= 4 is 11.6 Å². The largest absolute Gasteiger partial charge is 0.500 e. The van der Waals surface area contributed by atoms with Crippen molar-refractivity contribution < 1.29 is 19.1 Å². The molecule has 1 atom stereocenters. The first-order valence-corrected chi connectivity index (χ1v) is 14.0. The summed E-state index contributed by atoms with van der Waals surface area (Å²) in [6, 6.07) is 9.03. The van der Waals surface area contributed by atoms with Gasteiger partial charge in [0.2, 0.25) is 0 Å². The number of ketones is 2. The topological polar surface area (TPSA) is 52.6 Å². The van der Waals surface area contributed by atoms with E-state index in [0.29, 0.717) is 41.9 Å². The normalized spacial score (nSPS) is 21.1. The molecule has 0 radical (unpaired) electrons. The molecule has 0 spiro atoms. The highest BCUT2D eigenvalue weighted by atomic mass is 16.5. The Morgan fingerprint density at radius 2 is 1.56 bits per heavy atom. The van der Waals surface area contributed by atoms with E-state index in [1.165, 1.54) is 11.1 Å². The molecular weight excluding hydrogens is 484 g/mol. The van der Waals surface area contributed by atoms with Crippen molar-refractivity contribution in [3.05, 3.63) is 93.0 Å². The van der Waals surface area contributed by atoms with Crippen LogP contribution in [-0.2, 0) is 14.3 Å². The molecule has 0 heterocycles. The molecule has 39 heavy (non-hydrogen) atoms. The van der Waals surface area contributed by atoms with Crippen LogP contribution >= 0.6 is 0 Å². The lowest BCUT2D eigenvalue weighted by Gasteiger charge is -2.43. The smallest absolute Gasteiger partial charge is 0.200 e. The summed E-state index contributed by atoms with van der Waals surface area (Å²) in [5.41, 5.74) is 5.59. The Kier molecular flexibility index (Phi) is 9.64. The van der Waals surface area contributed by atoms with Crippen LogP contribution in [0, 0.1) is 10.8 Å². The number of benzene rings is 1. The lowest BCUT2D eigenvalue weighted by atomic mass is 9.64. The number of allylic oxidation sites excluding steroid dienone is 8. The van der Waals surface area contributed by atoms with Gasteiger partial charge in [0.25, 0.3) is 0 Å². The first-order valence-electron chi connectivity index (χ1n) is 14.0. The minimum absolute atomic E-state index is 0.123. The zero-order chi connectivity index (χ0) is 29.0. The number of rotatable bonds is 10. The Balaban J connectivity index is 2.39. The summed E-state index contributed by atoms with van der Waals surface area (Å²) in [6.07, 6.45) is 8.92. The molecule has 2 aliphatic carbocycles. The van der Waals surface area contributed by atoms with Crippen molar-refractivity contribution in [2.75, 3.05) is 14.2 Å². The van der Waals surface area contributed by atoms with Crippen LogP contribution in [0.1, 0.15) is 97.3 Å². The molecule has 3 rings (SSSR count). The summed E-state index contributed by atoms with van der Waals surface area (Å²) >= 11 is 0. The molecule has 0 saturated carbocycles. The number of hydrogen-bond donors (Lipinski definition) is 0. The molecule has 0 amide bonds. The Labute approximate surface area is 235 Å². The van der Waals surface area contributed by atoms with Gasteiger partial charge in [-0.2, -0.15) is 0 Å². The van der Waals surface area contributed by atoms with Crippen LogP contribution in [-0.4, -0.2) is 25.8 Å². The minimum Gasteiger partial charge on any atom is -0.500 e. The molecular formula is C35H46O4. The van der Waals surface area contributed by atoms with Crippen molar-refractivity contribution in [3.8, 4) is 0 Å². The molecule has 0 saturated heterocycles. The highest BCUT2D eigenvalue weighted by Crippen LogP contribution is 2.54. The molecule has 0 N–H and O–H groups in total. The molecule has 4 nitrogen and oxygen atoms in total. The highest BCUT2D eigenvalue weighted by Gasteiger charge is 2.51. The van der Waals surface area contributed by atoms with Gasteiger partial charge in [0.05, 0.1) is 19.6 Å². The maximum absolute atomic E-state index is 14.2. The van der Waals surface area contributed by atoms with Crippen molar-refractivity contribution in [3.63, 3.8) is 0 Å². The second kappa shape index (κ2) is 12.4. The standard InChI is InChI=1S/C35H46O4/c1-23(2)15-16-28-31(37)29(30(36)26-13-11-10-12-14-26)33(39-9)35(32(28)38-8,20-17-24(3)4)22-27-18-19-34(6,7)21-25(27)5/h10-15,17H,16,18-22H2,1-9H3/t35-/m1/s1. The van der Waals surface area contributed by atoms with Gasteiger partial charge in [-0.1, -0.05) is 78.6 Å². The van der Waals surface area contributed by atoms with Crippen LogP contribution < -0.4 is 0 Å². The van der Waals surface area contributed by atoms with Crippen molar-refractivity contribution in [2.24, 2.45) is 10.8 Å². The first-order chi connectivity index (χ1) is 18.4. The summed E-state index contributed by atoms with van der Waals surface area (Å²) in [6.45, 7) is 15.0. The van der Waals surface area contributed by atoms with Crippen LogP contribution in [0.15, 0.2) is 87.4 Å². The lowest BCUT2D eigenvalue weighted by molar-refractivity contribution is -0.113. The molecule has 0 unspecified atom stereocenters. The van der Waals surface area contributed by atoms with Gasteiger partial charge in [-0.15, -0.1) is 0 Å². The zero-order valence-electron chi connectivity index (χ0n) is 25.4. The van der Waals surface area contributed by atoms with E-state index in [9.17, 15) is 9.59 Å². The Morgan fingerprint density at radius 1 is 0.949 bits per heavy atom. The van der Waals surface area contributed by atoms with E-state index >= 15 is 0 Å². The van der Waals surface area contributed by atoms with Gasteiger partial charge in [0.15, 0.2) is 11.6 Å². The SMILES string of the molecule is COC1=C(CC=C(C)C)C(=O)C(C(=O)c2ccccc2)=C(OC)[C@]1(CC=C(C)C)CC1=C(C)CC(C)(C)CC1. The minimum atomic E-state index is -0.808. The van der Waals surface area contributed by atoms with E-state index in [1.807, 2.05) is 38.1 Å². The van der Waals surface area contributed by atoms with Crippen molar-refractivity contribution in [1.82, 2.24) is 0 Å². The average molecular weight is 531 g/mol. The number of Topliss-reactive ketones (excluding diaryl/α,β-unsaturated/α-hetero) is 2. The molecule has 1 aromatic carbocycles. The van der Waals surface area contributed by atoms with Gasteiger partial charge < -0.3 is 9.47 Å². The summed E-state index contributed by atoms with van der Waals surface area (Å²) < 4.78 is 12.3. The molecule has 4 heteroatoms. The number of carbonyl (C=O) groups excluding carboxylic acids is 2. The van der Waals surface area contributed by atoms with Crippen LogP contribution in [0.4, 0.5) is 0 Å². The number of hydrogen-bond acceptors (Lipinski definition) is 4. The second-order valence-corrected chi connectivity index (χ2v) is 12.4. The third-order valence-corrected chi connectivity index (χ3v) is 8.08. The summed E-state index contributed by atoms with van der Waals surface area (Å²) in [4.78, 5) is 28.3. The monoisotopic (exact) mass is 530 g/mol. The predicted octanol–water partition coefficient (Wildman–Crippen LogP) is 8.87. The first kappa shape index (κ1) is 30.4. The molecule has 0 aromatic heterocycles. The molecule has 1 aromatic rings. The number of methoxy groups -OCH3 is 2. The fourth-order valence-corrected chi connectivity index (χ4v) is 6.07. The Bertz CT molecular complexity index is 1260. The van der Waals surface area contributed by atoms with Gasteiger partial charge in [0.1, 0.15) is 17.1 Å². The molecule has 210 valence electrons. The highest BCUT2D eigenvalue weighted by molar-refractivity contribution is 6.32. The van der Waals surface area contributed by atoms with Crippen LogP contribution in [0.3, 0.4) is 0 Å². The third kappa shape index (κ3) is 6.54.